The van der Waals surface area contributed by atoms with Gasteiger partial charge in [0.1, 0.15) is 4.91 Å². The van der Waals surface area contributed by atoms with Crippen molar-refractivity contribution in [3.05, 3.63) is 10.3 Å². The van der Waals surface area contributed by atoms with E-state index in [-0.39, 0.29) is 0 Å². The number of carbonyl (C=O) groups is 1. The van der Waals surface area contributed by atoms with Crippen molar-refractivity contribution in [2.75, 3.05) is 0 Å². The molecule has 0 unspecified atom stereocenters. The molecule has 0 aromatic heterocycles. The van der Waals surface area contributed by atoms with Crippen LogP contribution in [-0.4, -0.2) is 11.1 Å². The van der Waals surface area contributed by atoms with Crippen molar-refractivity contribution >= 4 is 37.4 Å². The summed E-state index contributed by atoms with van der Waals surface area (Å²) in [4.78, 5) is 10.5. The van der Waals surface area contributed by atoms with Crippen LogP contribution in [0.15, 0.2) is 10.3 Å². The van der Waals surface area contributed by atoms with Crippen molar-refractivity contribution in [2.45, 2.75) is 0 Å². The Bertz CT molecular complexity index is 141. The van der Waals surface area contributed by atoms with Crippen molar-refractivity contribution in [3.8, 4) is 0 Å². The Hall–Kier alpha value is 0.260. The van der Waals surface area contributed by atoms with E-state index in [1.54, 1.807) is 5.41 Å². The van der Waals surface area contributed by atoms with Crippen LogP contribution in [0.5, 0.6) is 0 Å². The van der Waals surface area contributed by atoms with Gasteiger partial charge in [-0.25, -0.2) is 4.79 Å². The van der Waals surface area contributed by atoms with Gasteiger partial charge in [0.2, 0.25) is 0 Å². The van der Waals surface area contributed by atoms with Crippen molar-refractivity contribution in [2.24, 2.45) is 0 Å². The van der Waals surface area contributed by atoms with Crippen LogP contribution in [0.2, 0.25) is 0 Å². The largest absolute Gasteiger partial charge is 0.477 e. The third-order valence-corrected chi connectivity index (χ3v) is 4.22. The highest BCUT2D eigenvalue weighted by atomic mass is 33.5. The lowest BCUT2D eigenvalue weighted by atomic mass is 10.7. The van der Waals surface area contributed by atoms with Crippen LogP contribution in [0.4, 0.5) is 0 Å². The molecule has 0 aromatic carbocycles. The molecule has 0 amide bonds. The standard InChI is InChI=1S/C3H2O2S3/c4-3(5)2-1-6-8-7-2/h1H,(H,4,5). The minimum atomic E-state index is -0.826. The van der Waals surface area contributed by atoms with Gasteiger partial charge in [0.25, 0.3) is 0 Å². The number of hydrogen-bond donors (Lipinski definition) is 1. The highest BCUT2D eigenvalue weighted by Crippen LogP contribution is 2.48. The molecule has 2 nitrogen and oxygen atoms in total. The second kappa shape index (κ2) is 2.70. The Balaban J connectivity index is 2.57. The van der Waals surface area contributed by atoms with E-state index in [1.807, 2.05) is 0 Å². The summed E-state index contributed by atoms with van der Waals surface area (Å²) in [5.41, 5.74) is 0. The van der Waals surface area contributed by atoms with Crippen LogP contribution < -0.4 is 0 Å². The van der Waals surface area contributed by atoms with Gasteiger partial charge in [-0.2, -0.15) is 0 Å². The molecule has 5 heteroatoms. The van der Waals surface area contributed by atoms with E-state index in [4.69, 9.17) is 5.11 Å². The second-order valence-corrected chi connectivity index (χ2v) is 4.92. The molecule has 0 aliphatic carbocycles. The lowest BCUT2D eigenvalue weighted by molar-refractivity contribution is -0.131. The van der Waals surface area contributed by atoms with Crippen LogP contribution in [0.3, 0.4) is 0 Å². The summed E-state index contributed by atoms with van der Waals surface area (Å²) in [6.45, 7) is 0. The van der Waals surface area contributed by atoms with Gasteiger partial charge in [-0.1, -0.05) is 10.8 Å². The summed E-state index contributed by atoms with van der Waals surface area (Å²) in [6.07, 6.45) is 0. The monoisotopic (exact) mass is 166 g/mol. The molecule has 0 aromatic rings. The molecule has 1 rings (SSSR count). The molecule has 0 bridgehead atoms. The maximum atomic E-state index is 10.1. The van der Waals surface area contributed by atoms with Gasteiger partial charge in [0.15, 0.2) is 0 Å². The molecule has 0 atom stereocenters. The zero-order valence-electron chi connectivity index (χ0n) is 3.66. The highest BCUT2D eigenvalue weighted by Gasteiger charge is 2.13. The second-order valence-electron chi connectivity index (χ2n) is 1.03. The van der Waals surface area contributed by atoms with E-state index in [0.717, 1.165) is 0 Å². The SMILES string of the molecule is O=C(O)C1=CSSS1. The Morgan fingerprint density at radius 1 is 1.75 bits per heavy atom. The molecule has 1 N–H and O–H groups in total. The summed E-state index contributed by atoms with van der Waals surface area (Å²) in [5, 5.41) is 9.93. The number of carboxylic acids is 1. The summed E-state index contributed by atoms with van der Waals surface area (Å²) in [6, 6.07) is 0. The topological polar surface area (TPSA) is 37.3 Å². The normalized spacial score (nSPS) is 18.2. The van der Waals surface area contributed by atoms with Crippen molar-refractivity contribution in [3.63, 3.8) is 0 Å². The fraction of sp³-hybridized carbons (Fsp3) is 0. The van der Waals surface area contributed by atoms with Crippen LogP contribution in [0.25, 0.3) is 0 Å². The third-order valence-electron chi connectivity index (χ3n) is 0.529. The van der Waals surface area contributed by atoms with Gasteiger partial charge in [-0.3, -0.25) is 0 Å². The van der Waals surface area contributed by atoms with Gasteiger partial charge in [0.05, 0.1) is 0 Å². The fourth-order valence-corrected chi connectivity index (χ4v) is 3.80. The van der Waals surface area contributed by atoms with Gasteiger partial charge in [-0.15, -0.1) is 0 Å². The van der Waals surface area contributed by atoms with Gasteiger partial charge in [0, 0.05) is 5.41 Å². The molecule has 8 heavy (non-hydrogen) atoms. The van der Waals surface area contributed by atoms with Crippen LogP contribution in [-0.2, 0) is 4.79 Å². The smallest absolute Gasteiger partial charge is 0.343 e. The van der Waals surface area contributed by atoms with Crippen LogP contribution >= 0.6 is 31.4 Å². The zero-order chi connectivity index (χ0) is 5.98. The third kappa shape index (κ3) is 1.37. The number of aliphatic carboxylic acids is 1. The summed E-state index contributed by atoms with van der Waals surface area (Å²) in [7, 11) is 4.21. The zero-order valence-corrected chi connectivity index (χ0v) is 6.11. The first-order chi connectivity index (χ1) is 3.80. The van der Waals surface area contributed by atoms with Crippen LogP contribution in [0.1, 0.15) is 0 Å². The first-order valence-electron chi connectivity index (χ1n) is 1.74. The fourth-order valence-electron chi connectivity index (χ4n) is 0.225. The van der Waals surface area contributed by atoms with Crippen molar-refractivity contribution in [1.29, 1.82) is 0 Å². The van der Waals surface area contributed by atoms with Crippen molar-refractivity contribution < 1.29 is 9.90 Å². The summed E-state index contributed by atoms with van der Waals surface area (Å²) in [5.74, 6) is -0.826. The molecule has 0 radical (unpaired) electrons. The summed E-state index contributed by atoms with van der Waals surface area (Å²) >= 11 is 0. The van der Waals surface area contributed by atoms with Gasteiger partial charge < -0.3 is 5.11 Å². The summed E-state index contributed by atoms with van der Waals surface area (Å²) < 4.78 is 0. The van der Waals surface area contributed by atoms with E-state index < -0.39 is 5.97 Å². The maximum Gasteiger partial charge on any atom is 0.343 e. The van der Waals surface area contributed by atoms with E-state index in [0.29, 0.717) is 4.91 Å². The number of carboxylic acid groups (broad SMARTS) is 1. The minimum Gasteiger partial charge on any atom is -0.477 e. The molecule has 1 heterocycles. The Morgan fingerprint density at radius 3 is 2.75 bits per heavy atom. The molecular formula is C3H2O2S3. The predicted molar refractivity (Wildman–Crippen MR) is 38.5 cm³/mol. The van der Waals surface area contributed by atoms with E-state index in [1.165, 1.54) is 31.4 Å². The molecular weight excluding hydrogens is 164 g/mol. The first-order valence-corrected chi connectivity index (χ1v) is 5.29. The molecule has 0 saturated carbocycles. The molecule has 0 fully saturated rings. The average molecular weight is 166 g/mol. The molecule has 0 spiro atoms. The minimum absolute atomic E-state index is 0.431. The predicted octanol–water partition coefficient (Wildman–Crippen LogP) is 1.96. The Labute approximate surface area is 57.9 Å². The molecule has 0 saturated heterocycles. The Morgan fingerprint density at radius 2 is 2.50 bits per heavy atom. The lowest BCUT2D eigenvalue weighted by Crippen LogP contribution is -1.91. The highest BCUT2D eigenvalue weighted by molar-refractivity contribution is 9.12. The van der Waals surface area contributed by atoms with E-state index in [2.05, 4.69) is 0 Å². The number of hydrogen-bond acceptors (Lipinski definition) is 4. The van der Waals surface area contributed by atoms with Gasteiger partial charge in [-0.05, 0) is 20.6 Å². The average Bonchev–Trinajstić information content (AvgIpc) is 2.12. The van der Waals surface area contributed by atoms with Crippen LogP contribution in [0, 0.1) is 0 Å². The molecule has 1 aliphatic heterocycles. The number of rotatable bonds is 1. The Kier molecular flexibility index (Phi) is 2.16. The molecule has 1 aliphatic rings. The van der Waals surface area contributed by atoms with E-state index in [9.17, 15) is 4.79 Å². The maximum absolute atomic E-state index is 10.1. The van der Waals surface area contributed by atoms with Crippen molar-refractivity contribution in [1.82, 2.24) is 0 Å². The van der Waals surface area contributed by atoms with Gasteiger partial charge >= 0.3 is 5.97 Å². The quantitative estimate of drug-likeness (QED) is 0.603. The molecule has 44 valence electrons. The lowest BCUT2D eigenvalue weighted by Gasteiger charge is -1.84. The first kappa shape index (κ1) is 6.38. The van der Waals surface area contributed by atoms with E-state index >= 15 is 0 Å².